The monoisotopic (exact) mass is 611 g/mol. The van der Waals surface area contributed by atoms with Gasteiger partial charge in [-0.3, -0.25) is 0 Å². The Labute approximate surface area is 265 Å². The van der Waals surface area contributed by atoms with E-state index in [2.05, 4.69) is 70.3 Å². The fourth-order valence-electron chi connectivity index (χ4n) is 5.41. The van der Waals surface area contributed by atoms with E-state index in [-0.39, 0.29) is 0 Å². The zero-order valence-corrected chi connectivity index (χ0v) is 27.1. The Morgan fingerprint density at radius 2 is 1.32 bits per heavy atom. The molecule has 0 bridgehead atoms. The fraction of sp³-hybridized carbons (Fsp3) is 0.389. The van der Waals surface area contributed by atoms with Crippen molar-refractivity contribution in [3.05, 3.63) is 72.8 Å². The molecule has 44 heavy (non-hydrogen) atoms. The highest BCUT2D eigenvalue weighted by molar-refractivity contribution is 7.99. The summed E-state index contributed by atoms with van der Waals surface area (Å²) in [6, 6.07) is 24.5. The Morgan fingerprint density at radius 1 is 0.682 bits per heavy atom. The van der Waals surface area contributed by atoms with Crippen LogP contribution in [0.1, 0.15) is 58.3 Å². The lowest BCUT2D eigenvalue weighted by atomic mass is 10.0. The van der Waals surface area contributed by atoms with Gasteiger partial charge in [0.2, 0.25) is 5.95 Å². The summed E-state index contributed by atoms with van der Waals surface area (Å²) in [5.41, 5.74) is 6.24. The van der Waals surface area contributed by atoms with Crippen LogP contribution in [0.2, 0.25) is 0 Å². The van der Waals surface area contributed by atoms with Crippen LogP contribution in [-0.4, -0.2) is 53.0 Å². The highest BCUT2D eigenvalue weighted by Crippen LogP contribution is 2.34. The number of anilines is 1. The SMILES string of the molecule is CCCCCCCN(CCCCCSc1nc(-c2ccc(OC)cc2)c(-c2ccc(OC)cc2)[nH]1)c1nc2ccccc2[nH]1. The summed E-state index contributed by atoms with van der Waals surface area (Å²) >= 11 is 1.79. The molecule has 0 aliphatic carbocycles. The van der Waals surface area contributed by atoms with Crippen LogP contribution in [0.5, 0.6) is 11.5 Å². The van der Waals surface area contributed by atoms with Crippen LogP contribution < -0.4 is 14.4 Å². The molecule has 0 unspecified atom stereocenters. The number of unbranched alkanes of at least 4 members (excludes halogenated alkanes) is 6. The van der Waals surface area contributed by atoms with E-state index in [9.17, 15) is 0 Å². The minimum Gasteiger partial charge on any atom is -0.497 e. The number of benzene rings is 3. The van der Waals surface area contributed by atoms with Crippen molar-refractivity contribution in [2.24, 2.45) is 0 Å². The van der Waals surface area contributed by atoms with Crippen molar-refractivity contribution in [1.82, 2.24) is 19.9 Å². The minimum atomic E-state index is 0.834. The molecule has 0 saturated heterocycles. The quantitative estimate of drug-likeness (QED) is 0.0759. The number of rotatable bonds is 18. The molecule has 2 N–H and O–H groups in total. The zero-order valence-electron chi connectivity index (χ0n) is 26.3. The molecule has 0 fully saturated rings. The number of hydrogen-bond donors (Lipinski definition) is 2. The van der Waals surface area contributed by atoms with Gasteiger partial charge in [-0.2, -0.15) is 0 Å². The van der Waals surface area contributed by atoms with Gasteiger partial charge in [-0.1, -0.05) is 62.9 Å². The van der Waals surface area contributed by atoms with Crippen molar-refractivity contribution >= 4 is 28.7 Å². The zero-order chi connectivity index (χ0) is 30.6. The number of ether oxygens (including phenoxy) is 2. The first-order valence-corrected chi connectivity index (χ1v) is 16.9. The maximum absolute atomic E-state index is 5.37. The largest absolute Gasteiger partial charge is 0.497 e. The van der Waals surface area contributed by atoms with Crippen molar-refractivity contribution in [3.63, 3.8) is 0 Å². The molecule has 232 valence electrons. The molecule has 2 heterocycles. The molecule has 0 aliphatic heterocycles. The highest BCUT2D eigenvalue weighted by atomic mass is 32.2. The van der Waals surface area contributed by atoms with Gasteiger partial charge in [-0.25, -0.2) is 9.97 Å². The lowest BCUT2D eigenvalue weighted by molar-refractivity contribution is 0.414. The summed E-state index contributed by atoms with van der Waals surface area (Å²) < 4.78 is 10.7. The van der Waals surface area contributed by atoms with Crippen LogP contribution in [0.15, 0.2) is 78.0 Å². The van der Waals surface area contributed by atoms with E-state index in [0.29, 0.717) is 0 Å². The molecular formula is C36H45N5O2S. The Balaban J connectivity index is 1.18. The fourth-order valence-corrected chi connectivity index (χ4v) is 6.29. The molecule has 5 aromatic rings. The van der Waals surface area contributed by atoms with E-state index < -0.39 is 0 Å². The van der Waals surface area contributed by atoms with Crippen LogP contribution in [0.3, 0.4) is 0 Å². The van der Waals surface area contributed by atoms with Gasteiger partial charge < -0.3 is 24.3 Å². The number of thioether (sulfide) groups is 1. The van der Waals surface area contributed by atoms with Gasteiger partial charge in [0.1, 0.15) is 11.5 Å². The predicted octanol–water partition coefficient (Wildman–Crippen LogP) is 9.38. The number of hydrogen-bond acceptors (Lipinski definition) is 6. The van der Waals surface area contributed by atoms with Crippen LogP contribution in [0.25, 0.3) is 33.5 Å². The maximum atomic E-state index is 5.37. The second-order valence-corrected chi connectivity index (χ2v) is 12.2. The van der Waals surface area contributed by atoms with Crippen LogP contribution in [0.4, 0.5) is 5.95 Å². The topological polar surface area (TPSA) is 79.1 Å². The number of nitrogens with one attached hydrogen (secondary N) is 2. The number of nitrogens with zero attached hydrogens (tertiary/aromatic N) is 3. The highest BCUT2D eigenvalue weighted by Gasteiger charge is 2.16. The van der Waals surface area contributed by atoms with E-state index in [1.165, 1.54) is 32.1 Å². The summed E-state index contributed by atoms with van der Waals surface area (Å²) in [6.07, 6.45) is 9.83. The Bertz CT molecular complexity index is 1460. The number of H-pyrrole nitrogens is 2. The lowest BCUT2D eigenvalue weighted by Crippen LogP contribution is -2.26. The summed E-state index contributed by atoms with van der Waals surface area (Å²) in [6.45, 7) is 4.33. The van der Waals surface area contributed by atoms with Gasteiger partial charge in [0.25, 0.3) is 0 Å². The molecule has 0 saturated carbocycles. The second kappa shape index (κ2) is 16.2. The van der Waals surface area contributed by atoms with Crippen molar-refractivity contribution in [3.8, 4) is 34.0 Å². The van der Waals surface area contributed by atoms with Crippen molar-refractivity contribution in [2.45, 2.75) is 63.4 Å². The molecule has 0 radical (unpaired) electrons. The first-order valence-electron chi connectivity index (χ1n) is 15.9. The van der Waals surface area contributed by atoms with Crippen LogP contribution >= 0.6 is 11.8 Å². The summed E-state index contributed by atoms with van der Waals surface area (Å²) in [4.78, 5) is 19.5. The van der Waals surface area contributed by atoms with E-state index in [1.807, 2.05) is 24.3 Å². The van der Waals surface area contributed by atoms with Gasteiger partial charge in [0.05, 0.1) is 36.6 Å². The normalized spacial score (nSPS) is 11.2. The van der Waals surface area contributed by atoms with E-state index >= 15 is 0 Å². The van der Waals surface area contributed by atoms with Gasteiger partial charge in [0, 0.05) is 30.0 Å². The summed E-state index contributed by atoms with van der Waals surface area (Å²) in [5.74, 6) is 3.69. The molecular weight excluding hydrogens is 566 g/mol. The first kappa shape index (κ1) is 31.5. The van der Waals surface area contributed by atoms with Gasteiger partial charge in [0.15, 0.2) is 5.16 Å². The third-order valence-corrected chi connectivity index (χ3v) is 8.90. The molecule has 8 heteroatoms. The van der Waals surface area contributed by atoms with E-state index in [0.717, 1.165) is 94.3 Å². The molecule has 0 atom stereocenters. The smallest absolute Gasteiger partial charge is 0.203 e. The van der Waals surface area contributed by atoms with Crippen LogP contribution in [-0.2, 0) is 0 Å². The average Bonchev–Trinajstić information content (AvgIpc) is 3.70. The van der Waals surface area contributed by atoms with E-state index in [4.69, 9.17) is 19.4 Å². The first-order chi connectivity index (χ1) is 21.7. The Hall–Kier alpha value is -3.91. The van der Waals surface area contributed by atoms with Gasteiger partial charge in [-0.15, -0.1) is 0 Å². The van der Waals surface area contributed by atoms with E-state index in [1.54, 1.807) is 26.0 Å². The minimum absolute atomic E-state index is 0.834. The Kier molecular flexibility index (Phi) is 11.6. The standard InChI is InChI=1S/C36H45N5O2S/c1-4-5-6-7-11-24-41(35-37-31-14-9-10-15-32(31)38-35)25-12-8-13-26-44-36-39-33(27-16-20-29(42-2)21-17-27)34(40-36)28-18-22-30(43-3)23-19-28/h9-10,14-23H,4-8,11-13,24-26H2,1-3H3,(H,37,38)(H,39,40). The predicted molar refractivity (Wildman–Crippen MR) is 184 cm³/mol. The molecule has 0 amide bonds. The third-order valence-electron chi connectivity index (χ3n) is 7.94. The van der Waals surface area contributed by atoms with Crippen LogP contribution in [0, 0.1) is 0 Å². The average molecular weight is 612 g/mol. The number of methoxy groups -OCH3 is 2. The number of aromatic amines is 2. The molecule has 2 aromatic heterocycles. The molecule has 0 aliphatic rings. The maximum Gasteiger partial charge on any atom is 0.203 e. The third kappa shape index (κ3) is 8.38. The molecule has 5 rings (SSSR count). The lowest BCUT2D eigenvalue weighted by Gasteiger charge is -2.22. The number of aromatic nitrogens is 4. The molecule has 3 aromatic carbocycles. The number of fused-ring (bicyclic) bond motifs is 1. The number of imidazole rings is 2. The second-order valence-electron chi connectivity index (χ2n) is 11.1. The summed E-state index contributed by atoms with van der Waals surface area (Å²) in [7, 11) is 3.37. The van der Waals surface area contributed by atoms with Crippen molar-refractivity contribution in [1.29, 1.82) is 0 Å². The summed E-state index contributed by atoms with van der Waals surface area (Å²) in [5, 5.41) is 0.942. The van der Waals surface area contributed by atoms with Crippen molar-refractivity contribution in [2.75, 3.05) is 38.0 Å². The van der Waals surface area contributed by atoms with Gasteiger partial charge in [-0.05, 0) is 79.9 Å². The van der Waals surface area contributed by atoms with Crippen molar-refractivity contribution < 1.29 is 9.47 Å². The molecule has 0 spiro atoms. The molecule has 7 nitrogen and oxygen atoms in total. The van der Waals surface area contributed by atoms with Gasteiger partial charge >= 0.3 is 0 Å². The Morgan fingerprint density at radius 3 is 1.98 bits per heavy atom. The number of para-hydroxylation sites is 2.